The predicted octanol–water partition coefficient (Wildman–Crippen LogP) is 3.78. The van der Waals surface area contributed by atoms with Crippen molar-refractivity contribution in [3.05, 3.63) is 0 Å². The number of unbranched alkanes of at least 4 members (excludes halogenated alkanes) is 12. The van der Waals surface area contributed by atoms with Gasteiger partial charge in [-0.3, -0.25) is 24.0 Å². The molecule has 13 heteroatoms. The maximum absolute atomic E-state index is 12.2. The van der Waals surface area contributed by atoms with Crippen LogP contribution in [0.25, 0.3) is 0 Å². The standard InChI is InChI=1S/C30H49N3O10/c34-24(18-21-29(40)43-33-26(36)19-20-27(33)37)31-22-14-13-15-23(30(41)42)32-25(35)16-11-9-7-5-3-1-2-4-6-8-10-12-17-28(38)39/h23H,1-22H2,(H,31,34)(H,32,35)(H,38,39)(H,41,42)/t23-/m0/s1. The summed E-state index contributed by atoms with van der Waals surface area (Å²) in [4.78, 5) is 85.5. The van der Waals surface area contributed by atoms with Gasteiger partial charge in [0.2, 0.25) is 11.8 Å². The van der Waals surface area contributed by atoms with Gasteiger partial charge >= 0.3 is 17.9 Å². The van der Waals surface area contributed by atoms with Gasteiger partial charge in [-0.2, -0.15) is 0 Å². The van der Waals surface area contributed by atoms with Crippen molar-refractivity contribution in [2.75, 3.05) is 6.54 Å². The van der Waals surface area contributed by atoms with Crippen LogP contribution in [0, 0.1) is 0 Å². The fourth-order valence-corrected chi connectivity index (χ4v) is 4.66. The van der Waals surface area contributed by atoms with E-state index in [-0.39, 0.29) is 57.4 Å². The quantitative estimate of drug-likeness (QED) is 0.0825. The smallest absolute Gasteiger partial charge is 0.333 e. The maximum Gasteiger partial charge on any atom is 0.333 e. The van der Waals surface area contributed by atoms with Crippen LogP contribution in [-0.2, 0) is 38.4 Å². The summed E-state index contributed by atoms with van der Waals surface area (Å²) in [7, 11) is 0. The molecule has 0 aromatic rings. The van der Waals surface area contributed by atoms with Crippen molar-refractivity contribution in [3.63, 3.8) is 0 Å². The lowest BCUT2D eigenvalue weighted by Gasteiger charge is -2.15. The van der Waals surface area contributed by atoms with E-state index >= 15 is 0 Å². The number of carboxylic acid groups (broad SMARTS) is 2. The summed E-state index contributed by atoms with van der Waals surface area (Å²) in [6.45, 7) is 0.270. The lowest BCUT2D eigenvalue weighted by Crippen LogP contribution is -2.40. The van der Waals surface area contributed by atoms with E-state index in [0.29, 0.717) is 24.3 Å². The second kappa shape index (κ2) is 23.0. The topological polar surface area (TPSA) is 196 Å². The molecule has 1 saturated heterocycles. The Balaban J connectivity index is 2.01. The van der Waals surface area contributed by atoms with Gasteiger partial charge in [-0.25, -0.2) is 9.59 Å². The van der Waals surface area contributed by atoms with E-state index in [1.54, 1.807) is 0 Å². The van der Waals surface area contributed by atoms with Crippen LogP contribution >= 0.6 is 0 Å². The molecule has 1 fully saturated rings. The van der Waals surface area contributed by atoms with Crippen LogP contribution in [0.1, 0.15) is 135 Å². The molecule has 0 aromatic heterocycles. The molecule has 1 aliphatic heterocycles. The molecule has 4 N–H and O–H groups in total. The van der Waals surface area contributed by atoms with Gasteiger partial charge in [0.05, 0.1) is 6.42 Å². The van der Waals surface area contributed by atoms with Crippen LogP contribution < -0.4 is 10.6 Å². The summed E-state index contributed by atoms with van der Waals surface area (Å²) in [6, 6.07) is -0.994. The lowest BCUT2D eigenvalue weighted by atomic mass is 10.0. The summed E-state index contributed by atoms with van der Waals surface area (Å²) in [6.07, 6.45) is 13.7. The van der Waals surface area contributed by atoms with Crippen LogP contribution in [0.5, 0.6) is 0 Å². The number of carbonyl (C=O) groups is 7. The Hall–Kier alpha value is -3.51. The molecule has 1 rings (SSSR count). The number of hydroxylamine groups is 2. The third-order valence-corrected chi connectivity index (χ3v) is 7.17. The summed E-state index contributed by atoms with van der Waals surface area (Å²) in [5.74, 6) is -4.57. The van der Waals surface area contributed by atoms with Crippen molar-refractivity contribution >= 4 is 41.5 Å². The normalized spacial score (nSPS) is 13.5. The van der Waals surface area contributed by atoms with Crippen LogP contribution in [0.3, 0.4) is 0 Å². The Morgan fingerprint density at radius 1 is 0.651 bits per heavy atom. The van der Waals surface area contributed by atoms with E-state index < -0.39 is 41.7 Å². The minimum absolute atomic E-state index is 0.0109. The molecule has 0 unspecified atom stereocenters. The van der Waals surface area contributed by atoms with Crippen molar-refractivity contribution in [1.82, 2.24) is 15.7 Å². The van der Waals surface area contributed by atoms with E-state index in [4.69, 9.17) is 9.94 Å². The number of hydrogen-bond acceptors (Lipinski definition) is 8. The molecule has 0 radical (unpaired) electrons. The molecule has 244 valence electrons. The van der Waals surface area contributed by atoms with E-state index in [9.17, 15) is 38.7 Å². The molecule has 0 spiro atoms. The fraction of sp³-hybridized carbons (Fsp3) is 0.767. The first kappa shape index (κ1) is 37.5. The fourth-order valence-electron chi connectivity index (χ4n) is 4.66. The SMILES string of the molecule is O=C(O)CCCCCCCCCCCCCCC(=O)N[C@@H](CCCCNC(=O)CCC(=O)ON1C(=O)CCC1=O)C(=O)O. The number of carbonyl (C=O) groups excluding carboxylic acids is 5. The van der Waals surface area contributed by atoms with E-state index in [0.717, 1.165) is 51.4 Å². The number of imide groups is 1. The van der Waals surface area contributed by atoms with Gasteiger partial charge in [-0.1, -0.05) is 64.2 Å². The Morgan fingerprint density at radius 2 is 1.16 bits per heavy atom. The predicted molar refractivity (Wildman–Crippen MR) is 155 cm³/mol. The Kier molecular flexibility index (Phi) is 20.1. The third-order valence-electron chi connectivity index (χ3n) is 7.17. The highest BCUT2D eigenvalue weighted by Crippen LogP contribution is 2.14. The molecule has 4 amide bonds. The molecule has 0 saturated carbocycles. The first-order valence-corrected chi connectivity index (χ1v) is 15.7. The number of aliphatic carboxylic acids is 2. The lowest BCUT2D eigenvalue weighted by molar-refractivity contribution is -0.197. The molecule has 1 heterocycles. The number of nitrogens with one attached hydrogen (secondary N) is 2. The highest BCUT2D eigenvalue weighted by Gasteiger charge is 2.32. The van der Waals surface area contributed by atoms with Gasteiger partial charge in [-0.15, -0.1) is 5.06 Å². The highest BCUT2D eigenvalue weighted by molar-refractivity contribution is 6.01. The van der Waals surface area contributed by atoms with Gasteiger partial charge in [0.15, 0.2) is 0 Å². The van der Waals surface area contributed by atoms with Crippen molar-refractivity contribution in [2.24, 2.45) is 0 Å². The number of amides is 4. The van der Waals surface area contributed by atoms with Crippen LogP contribution in [0.4, 0.5) is 0 Å². The Labute approximate surface area is 253 Å². The average molecular weight is 612 g/mol. The minimum Gasteiger partial charge on any atom is -0.481 e. The molecule has 0 aliphatic carbocycles. The second-order valence-corrected chi connectivity index (χ2v) is 11.0. The summed E-state index contributed by atoms with van der Waals surface area (Å²) < 4.78 is 0. The minimum atomic E-state index is -1.11. The number of hydrogen-bond donors (Lipinski definition) is 4. The molecular weight excluding hydrogens is 562 g/mol. The summed E-state index contributed by atoms with van der Waals surface area (Å²) in [5.41, 5.74) is 0. The number of nitrogens with zero attached hydrogens (tertiary/aromatic N) is 1. The zero-order chi connectivity index (χ0) is 31.9. The highest BCUT2D eigenvalue weighted by atomic mass is 16.7. The van der Waals surface area contributed by atoms with E-state index in [1.807, 2.05) is 0 Å². The molecule has 43 heavy (non-hydrogen) atoms. The van der Waals surface area contributed by atoms with Crippen LogP contribution in [0.15, 0.2) is 0 Å². The summed E-state index contributed by atoms with van der Waals surface area (Å²) in [5, 5.41) is 23.7. The first-order valence-electron chi connectivity index (χ1n) is 15.7. The van der Waals surface area contributed by atoms with Crippen molar-refractivity contribution in [3.8, 4) is 0 Å². The number of carboxylic acids is 2. The van der Waals surface area contributed by atoms with Crippen LogP contribution in [-0.4, -0.2) is 69.4 Å². The van der Waals surface area contributed by atoms with Gasteiger partial charge in [-0.05, 0) is 32.1 Å². The van der Waals surface area contributed by atoms with Crippen LogP contribution in [0.2, 0.25) is 0 Å². The Bertz CT molecular complexity index is 908. The maximum atomic E-state index is 12.2. The zero-order valence-corrected chi connectivity index (χ0v) is 25.2. The van der Waals surface area contributed by atoms with Crippen molar-refractivity contribution in [2.45, 2.75) is 141 Å². The van der Waals surface area contributed by atoms with E-state index in [1.165, 1.54) is 19.3 Å². The molecule has 1 atom stereocenters. The van der Waals surface area contributed by atoms with Gasteiger partial charge in [0, 0.05) is 38.6 Å². The first-order chi connectivity index (χ1) is 20.6. The molecular formula is C30H49N3O10. The van der Waals surface area contributed by atoms with Gasteiger partial charge in [0.1, 0.15) is 6.04 Å². The second-order valence-electron chi connectivity index (χ2n) is 11.0. The molecule has 0 bridgehead atoms. The number of rotatable bonds is 26. The summed E-state index contributed by atoms with van der Waals surface area (Å²) >= 11 is 0. The molecule has 1 aliphatic rings. The van der Waals surface area contributed by atoms with Gasteiger partial charge in [0.25, 0.3) is 11.8 Å². The average Bonchev–Trinajstić information content (AvgIpc) is 3.27. The molecule has 0 aromatic carbocycles. The monoisotopic (exact) mass is 611 g/mol. The third kappa shape index (κ3) is 19.3. The van der Waals surface area contributed by atoms with Gasteiger partial charge < -0.3 is 25.7 Å². The van der Waals surface area contributed by atoms with Crippen molar-refractivity contribution in [1.29, 1.82) is 0 Å². The van der Waals surface area contributed by atoms with E-state index in [2.05, 4.69) is 10.6 Å². The zero-order valence-electron chi connectivity index (χ0n) is 25.2. The van der Waals surface area contributed by atoms with Crippen molar-refractivity contribution < 1.29 is 48.6 Å². The Morgan fingerprint density at radius 3 is 1.67 bits per heavy atom. The molecule has 13 nitrogen and oxygen atoms in total. The largest absolute Gasteiger partial charge is 0.481 e.